The molecule has 0 saturated heterocycles. The van der Waals surface area contributed by atoms with E-state index in [0.29, 0.717) is 6.04 Å². The van der Waals surface area contributed by atoms with Gasteiger partial charge in [-0.1, -0.05) is 24.6 Å². The van der Waals surface area contributed by atoms with Gasteiger partial charge in [-0.25, -0.2) is 4.79 Å². The van der Waals surface area contributed by atoms with Crippen LogP contribution in [0.3, 0.4) is 0 Å². The van der Waals surface area contributed by atoms with E-state index >= 15 is 0 Å². The molecule has 1 aromatic carbocycles. The maximum atomic E-state index is 12.2. The average Bonchev–Trinajstić information content (AvgIpc) is 2.49. The molecule has 22 heavy (non-hydrogen) atoms. The molecule has 1 unspecified atom stereocenters. The first-order valence-corrected chi connectivity index (χ1v) is 8.21. The predicted molar refractivity (Wildman–Crippen MR) is 89.2 cm³/mol. The molecular formula is C18H28N2O2. The van der Waals surface area contributed by atoms with Crippen LogP contribution in [0.5, 0.6) is 5.75 Å². The highest BCUT2D eigenvalue weighted by atomic mass is 16.5. The van der Waals surface area contributed by atoms with Crippen molar-refractivity contribution in [2.75, 3.05) is 7.11 Å². The van der Waals surface area contributed by atoms with Crippen LogP contribution >= 0.6 is 0 Å². The second-order valence-corrected chi connectivity index (χ2v) is 6.54. The minimum absolute atomic E-state index is 0.0858. The zero-order valence-electron chi connectivity index (χ0n) is 14.1. The molecule has 1 saturated carbocycles. The van der Waals surface area contributed by atoms with Crippen molar-refractivity contribution in [3.05, 3.63) is 29.3 Å². The van der Waals surface area contributed by atoms with Crippen LogP contribution in [-0.2, 0) is 0 Å². The number of aryl methyl sites for hydroxylation is 1. The molecule has 1 atom stereocenters. The molecule has 0 spiro atoms. The lowest BCUT2D eigenvalue weighted by atomic mass is 9.87. The number of ether oxygens (including phenoxy) is 1. The zero-order valence-corrected chi connectivity index (χ0v) is 14.1. The molecule has 1 aliphatic rings. The molecule has 2 N–H and O–H groups in total. The Morgan fingerprint density at radius 1 is 1.27 bits per heavy atom. The van der Waals surface area contributed by atoms with Gasteiger partial charge in [0.2, 0.25) is 0 Å². The average molecular weight is 304 g/mol. The molecule has 1 fully saturated rings. The van der Waals surface area contributed by atoms with Crippen molar-refractivity contribution in [3.8, 4) is 5.75 Å². The van der Waals surface area contributed by atoms with E-state index in [2.05, 4.69) is 23.6 Å². The number of carbonyl (C=O) groups excluding carboxylic acids is 1. The highest BCUT2D eigenvalue weighted by molar-refractivity contribution is 5.75. The lowest BCUT2D eigenvalue weighted by Crippen LogP contribution is -2.44. The molecule has 0 radical (unpaired) electrons. The summed E-state index contributed by atoms with van der Waals surface area (Å²) in [5, 5.41) is 6.13. The van der Waals surface area contributed by atoms with Crippen molar-refractivity contribution < 1.29 is 9.53 Å². The van der Waals surface area contributed by atoms with Crippen LogP contribution in [0, 0.1) is 12.8 Å². The van der Waals surface area contributed by atoms with Gasteiger partial charge < -0.3 is 15.4 Å². The van der Waals surface area contributed by atoms with Gasteiger partial charge in [-0.2, -0.15) is 0 Å². The molecule has 0 aliphatic heterocycles. The smallest absolute Gasteiger partial charge is 0.315 e. The van der Waals surface area contributed by atoms with Gasteiger partial charge in [0.25, 0.3) is 0 Å². The Balaban J connectivity index is 1.92. The quantitative estimate of drug-likeness (QED) is 0.885. The summed E-state index contributed by atoms with van der Waals surface area (Å²) >= 11 is 0. The van der Waals surface area contributed by atoms with Gasteiger partial charge in [-0.05, 0) is 51.5 Å². The van der Waals surface area contributed by atoms with Gasteiger partial charge >= 0.3 is 6.03 Å². The Bertz CT molecular complexity index is 508. The highest BCUT2D eigenvalue weighted by Gasteiger charge is 2.21. The van der Waals surface area contributed by atoms with Crippen LogP contribution in [0.25, 0.3) is 0 Å². The second kappa shape index (κ2) is 7.52. The normalized spacial score (nSPS) is 22.7. The fraction of sp³-hybridized carbons (Fsp3) is 0.611. The summed E-state index contributed by atoms with van der Waals surface area (Å²) in [5.74, 6) is 1.60. The maximum Gasteiger partial charge on any atom is 0.315 e. The van der Waals surface area contributed by atoms with Gasteiger partial charge in [0.15, 0.2) is 0 Å². The minimum Gasteiger partial charge on any atom is -0.496 e. The molecule has 4 nitrogen and oxygen atoms in total. The van der Waals surface area contributed by atoms with Crippen molar-refractivity contribution in [2.45, 2.75) is 58.5 Å². The van der Waals surface area contributed by atoms with E-state index in [9.17, 15) is 4.79 Å². The number of hydrogen-bond donors (Lipinski definition) is 2. The largest absolute Gasteiger partial charge is 0.496 e. The first kappa shape index (κ1) is 16.7. The van der Waals surface area contributed by atoms with Crippen LogP contribution in [-0.4, -0.2) is 19.2 Å². The van der Waals surface area contributed by atoms with Crippen molar-refractivity contribution >= 4 is 6.03 Å². The molecule has 1 aromatic rings. The van der Waals surface area contributed by atoms with Gasteiger partial charge in [0.05, 0.1) is 13.2 Å². The molecular weight excluding hydrogens is 276 g/mol. The molecule has 0 heterocycles. The Kier molecular flexibility index (Phi) is 5.69. The summed E-state index contributed by atoms with van der Waals surface area (Å²) in [4.78, 5) is 12.2. The Labute approximate surface area is 133 Å². The molecule has 122 valence electrons. The molecule has 2 amide bonds. The Hall–Kier alpha value is -1.71. The first-order valence-electron chi connectivity index (χ1n) is 8.21. The van der Waals surface area contributed by atoms with Crippen LogP contribution in [0.2, 0.25) is 0 Å². The zero-order chi connectivity index (χ0) is 16.1. The third kappa shape index (κ3) is 4.39. The van der Waals surface area contributed by atoms with Gasteiger partial charge in [0.1, 0.15) is 5.75 Å². The number of nitrogens with one attached hydrogen (secondary N) is 2. The lowest BCUT2D eigenvalue weighted by molar-refractivity contribution is 0.225. The number of urea groups is 1. The number of amides is 2. The monoisotopic (exact) mass is 304 g/mol. The fourth-order valence-corrected chi connectivity index (χ4v) is 3.10. The van der Waals surface area contributed by atoms with Crippen molar-refractivity contribution in [3.63, 3.8) is 0 Å². The summed E-state index contributed by atoms with van der Waals surface area (Å²) in [6.45, 7) is 6.31. The number of benzene rings is 1. The summed E-state index contributed by atoms with van der Waals surface area (Å²) in [5.41, 5.74) is 2.17. The van der Waals surface area contributed by atoms with Gasteiger partial charge in [-0.15, -0.1) is 0 Å². The Morgan fingerprint density at radius 2 is 1.95 bits per heavy atom. The van der Waals surface area contributed by atoms with E-state index in [1.54, 1.807) is 7.11 Å². The third-order valence-corrected chi connectivity index (χ3v) is 4.55. The van der Waals surface area contributed by atoms with E-state index in [0.717, 1.165) is 35.6 Å². The standard InChI is InChI=1S/C18H28N2O2/c1-12-5-8-15(9-6-12)20-18(21)19-14(3)16-11-13(2)7-10-17(16)22-4/h7,10-12,14-15H,5-6,8-9H2,1-4H3,(H2,19,20,21). The number of carbonyl (C=O) groups is 1. The summed E-state index contributed by atoms with van der Waals surface area (Å²) in [7, 11) is 1.66. The minimum atomic E-state index is -0.0874. The van der Waals surface area contributed by atoms with E-state index in [1.807, 2.05) is 26.0 Å². The Morgan fingerprint density at radius 3 is 2.59 bits per heavy atom. The topological polar surface area (TPSA) is 50.4 Å². The van der Waals surface area contributed by atoms with E-state index in [4.69, 9.17) is 4.74 Å². The predicted octanol–water partition coefficient (Wildman–Crippen LogP) is 3.94. The van der Waals surface area contributed by atoms with Gasteiger partial charge in [0, 0.05) is 11.6 Å². The highest BCUT2D eigenvalue weighted by Crippen LogP contribution is 2.26. The summed E-state index contributed by atoms with van der Waals surface area (Å²) in [6.07, 6.45) is 4.56. The number of hydrogen-bond acceptors (Lipinski definition) is 2. The van der Waals surface area contributed by atoms with Crippen molar-refractivity contribution in [1.29, 1.82) is 0 Å². The molecule has 0 bridgehead atoms. The van der Waals surface area contributed by atoms with Crippen molar-refractivity contribution in [1.82, 2.24) is 10.6 Å². The van der Waals surface area contributed by atoms with Crippen LogP contribution < -0.4 is 15.4 Å². The molecule has 0 aromatic heterocycles. The van der Waals surface area contributed by atoms with Gasteiger partial charge in [-0.3, -0.25) is 0 Å². The summed E-state index contributed by atoms with van der Waals surface area (Å²) < 4.78 is 5.39. The van der Waals surface area contributed by atoms with E-state index in [1.165, 1.54) is 12.8 Å². The SMILES string of the molecule is COc1ccc(C)cc1C(C)NC(=O)NC1CCC(C)CC1. The third-order valence-electron chi connectivity index (χ3n) is 4.55. The van der Waals surface area contributed by atoms with Crippen LogP contribution in [0.15, 0.2) is 18.2 Å². The van der Waals surface area contributed by atoms with Crippen molar-refractivity contribution in [2.24, 2.45) is 5.92 Å². The van der Waals surface area contributed by atoms with E-state index in [-0.39, 0.29) is 12.1 Å². The molecule has 4 heteroatoms. The maximum absolute atomic E-state index is 12.2. The van der Waals surface area contributed by atoms with Crippen LogP contribution in [0.4, 0.5) is 4.79 Å². The van der Waals surface area contributed by atoms with Crippen LogP contribution in [0.1, 0.15) is 56.7 Å². The molecule has 1 aliphatic carbocycles. The fourth-order valence-electron chi connectivity index (χ4n) is 3.10. The first-order chi connectivity index (χ1) is 10.5. The van der Waals surface area contributed by atoms with E-state index < -0.39 is 0 Å². The lowest BCUT2D eigenvalue weighted by Gasteiger charge is -2.27. The second-order valence-electron chi connectivity index (χ2n) is 6.54. The molecule has 2 rings (SSSR count). The summed E-state index contributed by atoms with van der Waals surface area (Å²) in [6, 6.07) is 6.16. The number of methoxy groups -OCH3 is 1. The number of rotatable bonds is 4.